The first kappa shape index (κ1) is 18.5. The molecule has 2 aromatic carbocycles. The van der Waals surface area contributed by atoms with Crippen molar-refractivity contribution in [3.8, 4) is 5.75 Å². The molecule has 1 aromatic heterocycles. The third-order valence-corrected chi connectivity index (χ3v) is 6.07. The molecule has 5 nitrogen and oxygen atoms in total. The van der Waals surface area contributed by atoms with E-state index in [-0.39, 0.29) is 5.91 Å². The van der Waals surface area contributed by atoms with Crippen LogP contribution in [0.15, 0.2) is 48.5 Å². The van der Waals surface area contributed by atoms with E-state index in [1.807, 2.05) is 55.6 Å². The Hall–Kier alpha value is -2.82. The topological polar surface area (TPSA) is 56.1 Å². The molecule has 1 aliphatic rings. The summed E-state index contributed by atoms with van der Waals surface area (Å²) in [4.78, 5) is 18.1. The van der Waals surface area contributed by atoms with Crippen LogP contribution in [0.1, 0.15) is 43.5 Å². The van der Waals surface area contributed by atoms with Gasteiger partial charge in [-0.25, -0.2) is 4.98 Å². The van der Waals surface area contributed by atoms with E-state index in [0.29, 0.717) is 6.54 Å². The van der Waals surface area contributed by atoms with Crippen molar-refractivity contribution in [3.05, 3.63) is 59.9 Å². The van der Waals surface area contributed by atoms with Gasteiger partial charge in [0.1, 0.15) is 11.6 Å². The maximum Gasteiger partial charge on any atom is 0.231 e. The fourth-order valence-electron chi connectivity index (χ4n) is 4.39. The lowest BCUT2D eigenvalue weighted by atomic mass is 9.68. The minimum absolute atomic E-state index is 0.101. The van der Waals surface area contributed by atoms with Crippen LogP contribution in [-0.4, -0.2) is 22.6 Å². The van der Waals surface area contributed by atoms with Gasteiger partial charge in [0.2, 0.25) is 5.91 Å². The number of fused-ring (bicyclic) bond motifs is 1. The van der Waals surface area contributed by atoms with Crippen molar-refractivity contribution in [1.82, 2.24) is 14.9 Å². The molecule has 146 valence electrons. The van der Waals surface area contributed by atoms with Crippen LogP contribution in [0.3, 0.4) is 0 Å². The summed E-state index contributed by atoms with van der Waals surface area (Å²) in [6.07, 6.45) is 5.11. The van der Waals surface area contributed by atoms with Crippen molar-refractivity contribution < 1.29 is 9.53 Å². The summed E-state index contributed by atoms with van der Waals surface area (Å²) in [6.45, 7) is 0.432. The number of rotatable bonds is 5. The Morgan fingerprint density at radius 2 is 1.82 bits per heavy atom. The first-order valence-corrected chi connectivity index (χ1v) is 9.97. The number of amides is 1. The average Bonchev–Trinajstić information content (AvgIpc) is 3.08. The highest BCUT2D eigenvalue weighted by molar-refractivity contribution is 5.88. The maximum atomic E-state index is 13.4. The molecule has 28 heavy (non-hydrogen) atoms. The van der Waals surface area contributed by atoms with Gasteiger partial charge in [-0.3, -0.25) is 4.79 Å². The molecular formula is C23H27N3O2. The highest BCUT2D eigenvalue weighted by atomic mass is 16.5. The van der Waals surface area contributed by atoms with Gasteiger partial charge in [0.15, 0.2) is 0 Å². The molecule has 5 heteroatoms. The molecule has 0 unspecified atom stereocenters. The van der Waals surface area contributed by atoms with Crippen LogP contribution in [-0.2, 0) is 23.8 Å². The predicted octanol–water partition coefficient (Wildman–Crippen LogP) is 4.10. The zero-order chi connectivity index (χ0) is 19.6. The third kappa shape index (κ3) is 3.26. The first-order valence-electron chi connectivity index (χ1n) is 9.97. The van der Waals surface area contributed by atoms with Crippen molar-refractivity contribution in [2.75, 3.05) is 7.11 Å². The van der Waals surface area contributed by atoms with Crippen LogP contribution in [0.2, 0.25) is 0 Å². The van der Waals surface area contributed by atoms with E-state index in [2.05, 4.69) is 14.9 Å². The Morgan fingerprint density at radius 1 is 1.11 bits per heavy atom. The Bertz CT molecular complexity index is 969. The Morgan fingerprint density at radius 3 is 2.50 bits per heavy atom. The number of ether oxygens (including phenoxy) is 1. The Labute approximate surface area is 165 Å². The summed E-state index contributed by atoms with van der Waals surface area (Å²) < 4.78 is 7.34. The third-order valence-electron chi connectivity index (χ3n) is 6.07. The summed E-state index contributed by atoms with van der Waals surface area (Å²) in [5.74, 6) is 1.79. The Balaban J connectivity index is 1.57. The summed E-state index contributed by atoms with van der Waals surface area (Å²) >= 11 is 0. The zero-order valence-corrected chi connectivity index (χ0v) is 16.6. The molecule has 1 amide bonds. The van der Waals surface area contributed by atoms with Gasteiger partial charge in [0, 0.05) is 7.05 Å². The molecule has 1 fully saturated rings. The number of nitrogens with one attached hydrogen (secondary N) is 1. The van der Waals surface area contributed by atoms with E-state index in [0.717, 1.165) is 53.9 Å². The zero-order valence-electron chi connectivity index (χ0n) is 16.6. The van der Waals surface area contributed by atoms with Crippen LogP contribution in [0.5, 0.6) is 5.75 Å². The number of aryl methyl sites for hydroxylation is 1. The molecule has 1 saturated carbocycles. The van der Waals surface area contributed by atoms with E-state index in [1.54, 1.807) is 7.11 Å². The summed E-state index contributed by atoms with van der Waals surface area (Å²) in [5, 5.41) is 3.18. The number of methoxy groups -OCH3 is 1. The molecule has 3 aromatic rings. The summed E-state index contributed by atoms with van der Waals surface area (Å²) in [7, 11) is 3.66. The molecule has 0 aliphatic heterocycles. The van der Waals surface area contributed by atoms with Crippen LogP contribution in [0.4, 0.5) is 0 Å². The number of para-hydroxylation sites is 2. The van der Waals surface area contributed by atoms with Crippen molar-refractivity contribution >= 4 is 16.9 Å². The number of hydrogen-bond acceptors (Lipinski definition) is 3. The second kappa shape index (κ2) is 7.66. The van der Waals surface area contributed by atoms with E-state index in [1.165, 1.54) is 6.42 Å². The molecule has 0 spiro atoms. The van der Waals surface area contributed by atoms with Gasteiger partial charge in [0.25, 0.3) is 0 Å². The average molecular weight is 377 g/mol. The second-order valence-electron chi connectivity index (χ2n) is 7.63. The maximum absolute atomic E-state index is 13.4. The van der Waals surface area contributed by atoms with E-state index < -0.39 is 5.41 Å². The standard InChI is InChI=1S/C23H27N3O2/c1-26-20-9-5-4-8-19(20)25-21(26)16-24-22(27)23(14-6-3-7-15-23)17-10-12-18(28-2)13-11-17/h4-5,8-13H,3,6-7,14-16H2,1-2H3,(H,24,27). The fourth-order valence-corrected chi connectivity index (χ4v) is 4.39. The SMILES string of the molecule is COc1ccc(C2(C(=O)NCc3nc4ccccc4n3C)CCCCC2)cc1. The number of benzene rings is 2. The second-order valence-corrected chi connectivity index (χ2v) is 7.63. The molecular weight excluding hydrogens is 350 g/mol. The normalized spacial score (nSPS) is 16.1. The van der Waals surface area contributed by atoms with Crippen molar-refractivity contribution in [2.45, 2.75) is 44.1 Å². The van der Waals surface area contributed by atoms with E-state index in [4.69, 9.17) is 4.74 Å². The number of hydrogen-bond donors (Lipinski definition) is 1. The largest absolute Gasteiger partial charge is 0.497 e. The fraction of sp³-hybridized carbons (Fsp3) is 0.391. The lowest BCUT2D eigenvalue weighted by Gasteiger charge is -2.36. The quantitative estimate of drug-likeness (QED) is 0.728. The molecule has 0 radical (unpaired) electrons. The predicted molar refractivity (Wildman–Crippen MR) is 110 cm³/mol. The van der Waals surface area contributed by atoms with E-state index >= 15 is 0 Å². The van der Waals surface area contributed by atoms with Crippen LogP contribution < -0.4 is 10.1 Å². The van der Waals surface area contributed by atoms with Crippen molar-refractivity contribution in [3.63, 3.8) is 0 Å². The summed E-state index contributed by atoms with van der Waals surface area (Å²) in [5.41, 5.74) is 2.65. The number of nitrogens with zero attached hydrogens (tertiary/aromatic N) is 2. The number of imidazole rings is 1. The highest BCUT2D eigenvalue weighted by Gasteiger charge is 2.41. The summed E-state index contributed by atoms with van der Waals surface area (Å²) in [6, 6.07) is 16.0. The molecule has 1 N–H and O–H groups in total. The van der Waals surface area contributed by atoms with Crippen molar-refractivity contribution in [2.24, 2.45) is 7.05 Å². The van der Waals surface area contributed by atoms with E-state index in [9.17, 15) is 4.79 Å². The lowest BCUT2D eigenvalue weighted by Crippen LogP contribution is -2.45. The molecule has 1 heterocycles. The Kier molecular flexibility index (Phi) is 5.07. The molecule has 0 atom stereocenters. The van der Waals surface area contributed by atoms with Gasteiger partial charge in [-0.1, -0.05) is 43.5 Å². The molecule has 1 aliphatic carbocycles. The first-order chi connectivity index (χ1) is 13.6. The van der Waals surface area contributed by atoms with Gasteiger partial charge < -0.3 is 14.6 Å². The van der Waals surface area contributed by atoms with Gasteiger partial charge in [0.05, 0.1) is 30.1 Å². The number of aromatic nitrogens is 2. The smallest absolute Gasteiger partial charge is 0.231 e. The van der Waals surface area contributed by atoms with Gasteiger partial charge >= 0.3 is 0 Å². The molecule has 0 saturated heterocycles. The van der Waals surface area contributed by atoms with Crippen molar-refractivity contribution in [1.29, 1.82) is 0 Å². The molecule has 0 bridgehead atoms. The number of carbonyl (C=O) groups is 1. The van der Waals surface area contributed by atoms with Crippen LogP contribution in [0.25, 0.3) is 11.0 Å². The van der Waals surface area contributed by atoms with Gasteiger partial charge in [-0.05, 0) is 42.7 Å². The van der Waals surface area contributed by atoms with Gasteiger partial charge in [-0.2, -0.15) is 0 Å². The number of carbonyl (C=O) groups excluding carboxylic acids is 1. The lowest BCUT2D eigenvalue weighted by molar-refractivity contribution is -0.128. The highest BCUT2D eigenvalue weighted by Crippen LogP contribution is 2.40. The van der Waals surface area contributed by atoms with Crippen LogP contribution in [0, 0.1) is 0 Å². The minimum atomic E-state index is -0.463. The minimum Gasteiger partial charge on any atom is -0.497 e. The monoisotopic (exact) mass is 377 g/mol. The van der Waals surface area contributed by atoms with Crippen LogP contribution >= 0.6 is 0 Å². The van der Waals surface area contributed by atoms with Gasteiger partial charge in [-0.15, -0.1) is 0 Å². The molecule has 4 rings (SSSR count).